The van der Waals surface area contributed by atoms with Crippen LogP contribution in [0.1, 0.15) is 89.0 Å². The summed E-state index contributed by atoms with van der Waals surface area (Å²) in [6.07, 6.45) is 7.35. The van der Waals surface area contributed by atoms with Gasteiger partial charge in [0.15, 0.2) is 5.84 Å². The van der Waals surface area contributed by atoms with Gasteiger partial charge in [0.05, 0.1) is 39.0 Å². The molecule has 2 atom stereocenters. The van der Waals surface area contributed by atoms with E-state index in [9.17, 15) is 19.2 Å². The zero-order valence-corrected chi connectivity index (χ0v) is 35.8. The number of amidine groups is 2. The van der Waals surface area contributed by atoms with Crippen molar-refractivity contribution in [2.45, 2.75) is 64.1 Å². The smallest absolute Gasteiger partial charge is 0.255 e. The molecule has 6 rings (SSSR count). The molecule has 0 aliphatic carbocycles. The number of aromatic nitrogens is 2. The highest BCUT2D eigenvalue weighted by atomic mass is 16.5. The molecule has 3 heterocycles. The molecule has 1 fully saturated rings. The second-order valence-corrected chi connectivity index (χ2v) is 15.3. The van der Waals surface area contributed by atoms with Gasteiger partial charge in [0.25, 0.3) is 11.8 Å². The lowest BCUT2D eigenvalue weighted by atomic mass is 10.0. The van der Waals surface area contributed by atoms with Gasteiger partial charge in [0.1, 0.15) is 29.6 Å². The van der Waals surface area contributed by atoms with Crippen molar-refractivity contribution in [1.29, 1.82) is 10.8 Å². The minimum atomic E-state index is -0.644. The third kappa shape index (κ3) is 12.9. The van der Waals surface area contributed by atoms with E-state index in [1.165, 1.54) is 11.2 Å². The fourth-order valence-corrected chi connectivity index (χ4v) is 7.23. The molecule has 0 radical (unpaired) electrons. The lowest BCUT2D eigenvalue weighted by Crippen LogP contribution is -2.52. The number of amides is 4. The van der Waals surface area contributed by atoms with Crippen LogP contribution in [0.4, 0.5) is 11.4 Å². The van der Waals surface area contributed by atoms with Gasteiger partial charge in [-0.1, -0.05) is 30.7 Å². The second kappa shape index (κ2) is 22.9. The summed E-state index contributed by atoms with van der Waals surface area (Å²) in [6, 6.07) is 21.0. The lowest BCUT2D eigenvalue weighted by molar-refractivity contribution is -0.136. The first-order valence-electron chi connectivity index (χ1n) is 21.3. The van der Waals surface area contributed by atoms with E-state index < -0.39 is 11.9 Å². The molecule has 0 saturated carbocycles. The van der Waals surface area contributed by atoms with Crippen molar-refractivity contribution >= 4 is 46.7 Å². The summed E-state index contributed by atoms with van der Waals surface area (Å²) in [5, 5.41) is 28.6. The van der Waals surface area contributed by atoms with Gasteiger partial charge in [-0.25, -0.2) is 9.97 Å². The Balaban J connectivity index is 0.793. The minimum absolute atomic E-state index is 0.0840. The largest absolute Gasteiger partial charge is 0.494 e. The number of nitrogens with zero attached hydrogens (tertiary/aromatic N) is 4. The van der Waals surface area contributed by atoms with Gasteiger partial charge in [-0.3, -0.25) is 35.3 Å². The van der Waals surface area contributed by atoms with Gasteiger partial charge in [0.2, 0.25) is 11.8 Å². The van der Waals surface area contributed by atoms with Crippen LogP contribution < -0.4 is 26.0 Å². The maximum absolute atomic E-state index is 13.2. The van der Waals surface area contributed by atoms with Crippen molar-refractivity contribution < 1.29 is 33.4 Å². The number of imide groups is 1. The van der Waals surface area contributed by atoms with Crippen LogP contribution in [-0.4, -0.2) is 114 Å². The van der Waals surface area contributed by atoms with Crippen molar-refractivity contribution in [1.82, 2.24) is 30.4 Å². The van der Waals surface area contributed by atoms with Gasteiger partial charge in [0, 0.05) is 67.4 Å². The molecule has 1 aromatic heterocycles. The Bertz CT molecular complexity index is 2240. The molecule has 4 aromatic rings. The number of anilines is 2. The average molecular weight is 861 g/mol. The first-order chi connectivity index (χ1) is 30.6. The third-order valence-corrected chi connectivity index (χ3v) is 10.8. The summed E-state index contributed by atoms with van der Waals surface area (Å²) in [7, 11) is 1.63. The van der Waals surface area contributed by atoms with Crippen molar-refractivity contribution in [2.75, 3.05) is 63.8 Å². The van der Waals surface area contributed by atoms with Crippen LogP contribution in [0, 0.1) is 10.8 Å². The molecular weight excluding hydrogens is 805 g/mol. The number of fused-ring (bicyclic) bond motifs is 1. The molecule has 4 amide bonds. The summed E-state index contributed by atoms with van der Waals surface area (Å²) < 4.78 is 17.5. The lowest BCUT2D eigenvalue weighted by Gasteiger charge is -2.29. The fraction of sp³-hybridized carbons (Fsp3) is 0.391. The monoisotopic (exact) mass is 860 g/mol. The number of ether oxygens (including phenoxy) is 3. The number of hydrogen-bond donors (Lipinski definition) is 6. The first kappa shape index (κ1) is 45.8. The second-order valence-electron chi connectivity index (χ2n) is 15.3. The summed E-state index contributed by atoms with van der Waals surface area (Å²) in [5.41, 5.74) is 4.74. The van der Waals surface area contributed by atoms with Crippen LogP contribution in [0.2, 0.25) is 0 Å². The molecule has 17 heteroatoms. The average Bonchev–Trinajstić information content (AvgIpc) is 3.64. The highest BCUT2D eigenvalue weighted by Gasteiger charge is 2.39. The molecule has 3 aromatic carbocycles. The quantitative estimate of drug-likeness (QED) is 0.0246. The highest BCUT2D eigenvalue weighted by molar-refractivity contribution is 6.07. The Kier molecular flexibility index (Phi) is 16.7. The van der Waals surface area contributed by atoms with Crippen LogP contribution in [-0.2, 0) is 25.6 Å². The summed E-state index contributed by atoms with van der Waals surface area (Å²) in [4.78, 5) is 61.1. The zero-order valence-electron chi connectivity index (χ0n) is 35.8. The van der Waals surface area contributed by atoms with E-state index in [2.05, 4.69) is 31.2 Å². The van der Waals surface area contributed by atoms with E-state index >= 15 is 0 Å². The van der Waals surface area contributed by atoms with Crippen molar-refractivity contribution in [3.05, 3.63) is 113 Å². The van der Waals surface area contributed by atoms with Crippen molar-refractivity contribution in [3.8, 4) is 5.75 Å². The summed E-state index contributed by atoms with van der Waals surface area (Å²) in [6.45, 7) is 5.63. The normalized spacial score (nSPS) is 15.0. The predicted octanol–water partition coefficient (Wildman–Crippen LogP) is 5.16. The molecule has 1 saturated heterocycles. The molecule has 0 bridgehead atoms. The molecule has 17 nitrogen and oxygen atoms in total. The van der Waals surface area contributed by atoms with E-state index in [4.69, 9.17) is 25.0 Å². The number of rotatable bonds is 23. The van der Waals surface area contributed by atoms with E-state index in [-0.39, 0.29) is 48.4 Å². The fourth-order valence-electron chi connectivity index (χ4n) is 7.23. The van der Waals surface area contributed by atoms with Crippen molar-refractivity contribution in [3.63, 3.8) is 0 Å². The standard InChI is InChI=1S/C46H56N10O7/c1-31(53-44(58)33-11-7-12-34(26-33)51-28-41(47)55(2)43(48)39-18-19-49-30-52-39)32-10-8-13-35(27-32)63-22-6-4-3-5-21-61-24-25-62-23-20-50-38-15-9-14-36-37(38)29-56(46(36)60)40-16-17-42(57)54-45(40)59/h7-15,18-19,26-27,30-31,40,47-48,50-51H,3-6,16-17,20-25,28-29H2,1-2H3,(H,53,58)(H,54,57,59)/t31-,40?/m1/s1. The molecule has 2 aliphatic rings. The Morgan fingerprint density at radius 3 is 2.49 bits per heavy atom. The summed E-state index contributed by atoms with van der Waals surface area (Å²) >= 11 is 0. The van der Waals surface area contributed by atoms with Crippen LogP contribution >= 0.6 is 0 Å². The number of hydrogen-bond acceptors (Lipinski definition) is 13. The molecule has 2 aliphatic heterocycles. The number of carbonyl (C=O) groups excluding carboxylic acids is 4. The van der Waals surface area contributed by atoms with Crippen LogP contribution in [0.25, 0.3) is 0 Å². The van der Waals surface area contributed by atoms with Gasteiger partial charge >= 0.3 is 0 Å². The molecular formula is C46H56N10O7. The Hall–Kier alpha value is -6.72. The first-order valence-corrected chi connectivity index (χ1v) is 21.3. The molecule has 6 N–H and O–H groups in total. The van der Waals surface area contributed by atoms with Crippen LogP contribution in [0.3, 0.4) is 0 Å². The summed E-state index contributed by atoms with van der Waals surface area (Å²) in [5.74, 6) is -0.156. The Morgan fingerprint density at radius 1 is 0.921 bits per heavy atom. The van der Waals surface area contributed by atoms with Gasteiger partial charge < -0.3 is 40.0 Å². The van der Waals surface area contributed by atoms with Gasteiger partial charge in [-0.15, -0.1) is 0 Å². The predicted molar refractivity (Wildman–Crippen MR) is 238 cm³/mol. The molecule has 1 unspecified atom stereocenters. The highest BCUT2D eigenvalue weighted by Crippen LogP contribution is 2.32. The molecule has 332 valence electrons. The number of piperidine rings is 1. The van der Waals surface area contributed by atoms with Gasteiger partial charge in [-0.2, -0.15) is 0 Å². The van der Waals surface area contributed by atoms with Crippen LogP contribution in [0.15, 0.2) is 85.3 Å². The maximum atomic E-state index is 13.2. The number of benzene rings is 3. The van der Waals surface area contributed by atoms with E-state index in [0.717, 1.165) is 48.2 Å². The number of unbranched alkanes of at least 4 members (excludes halogenated alkanes) is 3. The number of carbonyl (C=O) groups is 4. The van der Waals surface area contributed by atoms with E-state index in [0.29, 0.717) is 75.1 Å². The third-order valence-electron chi connectivity index (χ3n) is 10.8. The zero-order chi connectivity index (χ0) is 44.6. The minimum Gasteiger partial charge on any atom is -0.494 e. The number of likely N-dealkylation sites (N-methyl/N-ethyl adjacent to an activating group) is 1. The van der Waals surface area contributed by atoms with E-state index in [1.54, 1.807) is 48.5 Å². The van der Waals surface area contributed by atoms with Crippen LogP contribution in [0.5, 0.6) is 5.75 Å². The SMILES string of the molecule is C[C@@H](NC(=O)c1cccc(NCC(=N)N(C)C(=N)c2ccncn2)c1)c1cccc(OCCCCCCOCCOCCNc2cccc3c2CN(C2CCC(=O)NC2=O)C3=O)c1. The maximum Gasteiger partial charge on any atom is 0.255 e. The molecule has 0 spiro atoms. The Morgan fingerprint density at radius 2 is 1.70 bits per heavy atom. The van der Waals surface area contributed by atoms with Gasteiger partial charge in [-0.05, 0) is 86.7 Å². The van der Waals surface area contributed by atoms with E-state index in [1.807, 2.05) is 49.4 Å². The Labute approximate surface area is 367 Å². The number of nitrogens with one attached hydrogen (secondary N) is 6. The van der Waals surface area contributed by atoms with Crippen molar-refractivity contribution in [2.24, 2.45) is 0 Å². The molecule has 63 heavy (non-hydrogen) atoms. The topological polar surface area (TPSA) is 224 Å².